The molecule has 2 saturated heterocycles. The van der Waals surface area contributed by atoms with Crippen LogP contribution in [0.5, 0.6) is 11.5 Å². The average Bonchev–Trinajstić information content (AvgIpc) is 3.26. The van der Waals surface area contributed by atoms with Crippen molar-refractivity contribution in [1.29, 1.82) is 0 Å². The van der Waals surface area contributed by atoms with Crippen LogP contribution in [0.2, 0.25) is 0 Å². The van der Waals surface area contributed by atoms with Crippen LogP contribution in [0.4, 0.5) is 13.2 Å². The molecule has 0 bridgehead atoms. The molecule has 0 spiro atoms. The first-order valence-corrected chi connectivity index (χ1v) is 6.22. The summed E-state index contributed by atoms with van der Waals surface area (Å²) >= 11 is 0. The van der Waals surface area contributed by atoms with E-state index in [1.54, 1.807) is 0 Å². The quantitative estimate of drug-likeness (QED) is 0.754. The molecular weight excluding hydrogens is 277 g/mol. The number of benzene rings is 1. The molecule has 0 N–H and O–H groups in total. The normalized spacial score (nSPS) is 24.4. The van der Waals surface area contributed by atoms with Gasteiger partial charge in [0, 0.05) is 0 Å². The number of hydrogen-bond donors (Lipinski definition) is 0. The molecule has 2 aliphatic heterocycles. The van der Waals surface area contributed by atoms with Gasteiger partial charge in [0.25, 0.3) is 0 Å². The molecule has 0 aromatic heterocycles. The lowest BCUT2D eigenvalue weighted by Gasteiger charge is -2.15. The summed E-state index contributed by atoms with van der Waals surface area (Å²) in [5, 5.41) is 0. The van der Waals surface area contributed by atoms with Crippen LogP contribution < -0.4 is 9.47 Å². The minimum Gasteiger partial charge on any atom is -0.491 e. The van der Waals surface area contributed by atoms with E-state index in [9.17, 15) is 13.2 Å². The number of halogens is 3. The Balaban J connectivity index is 1.72. The highest BCUT2D eigenvalue weighted by atomic mass is 19.4. The monoisotopic (exact) mass is 290 g/mol. The van der Waals surface area contributed by atoms with Crippen molar-refractivity contribution in [2.24, 2.45) is 0 Å². The molecule has 110 valence electrons. The summed E-state index contributed by atoms with van der Waals surface area (Å²) < 4.78 is 59.2. The first-order chi connectivity index (χ1) is 9.52. The van der Waals surface area contributed by atoms with Crippen molar-refractivity contribution in [3.8, 4) is 11.5 Å². The van der Waals surface area contributed by atoms with Gasteiger partial charge in [-0.3, -0.25) is 0 Å². The van der Waals surface area contributed by atoms with Crippen molar-refractivity contribution in [1.82, 2.24) is 0 Å². The SMILES string of the molecule is FC(F)(F)c1cc(OCC2CO2)ccc1OCC1CO1. The van der Waals surface area contributed by atoms with E-state index in [0.29, 0.717) is 13.2 Å². The number of rotatable bonds is 6. The van der Waals surface area contributed by atoms with Crippen LogP contribution in [-0.4, -0.2) is 38.6 Å². The lowest BCUT2D eigenvalue weighted by atomic mass is 10.2. The van der Waals surface area contributed by atoms with Crippen molar-refractivity contribution < 1.29 is 32.1 Å². The van der Waals surface area contributed by atoms with Crippen LogP contribution >= 0.6 is 0 Å². The molecule has 2 fully saturated rings. The topological polar surface area (TPSA) is 43.5 Å². The molecule has 1 aromatic carbocycles. The van der Waals surface area contributed by atoms with E-state index in [0.717, 1.165) is 6.07 Å². The van der Waals surface area contributed by atoms with Crippen molar-refractivity contribution in [3.05, 3.63) is 23.8 Å². The fourth-order valence-corrected chi connectivity index (χ4v) is 1.65. The van der Waals surface area contributed by atoms with Crippen LogP contribution in [0.3, 0.4) is 0 Å². The third kappa shape index (κ3) is 3.55. The maximum atomic E-state index is 13.0. The highest BCUT2D eigenvalue weighted by molar-refractivity contribution is 5.42. The second kappa shape index (κ2) is 5.14. The molecule has 0 radical (unpaired) electrons. The zero-order valence-corrected chi connectivity index (χ0v) is 10.5. The summed E-state index contributed by atoms with van der Waals surface area (Å²) in [5.41, 5.74) is -0.840. The predicted octanol–water partition coefficient (Wildman–Crippen LogP) is 2.26. The molecule has 0 saturated carbocycles. The molecule has 7 heteroatoms. The maximum absolute atomic E-state index is 13.0. The molecule has 2 aliphatic rings. The van der Waals surface area contributed by atoms with Crippen LogP contribution in [0.1, 0.15) is 5.56 Å². The number of ether oxygens (including phenoxy) is 4. The van der Waals surface area contributed by atoms with Gasteiger partial charge >= 0.3 is 6.18 Å². The number of alkyl halides is 3. The zero-order chi connectivity index (χ0) is 14.2. The van der Waals surface area contributed by atoms with Crippen molar-refractivity contribution in [2.45, 2.75) is 18.4 Å². The standard InChI is InChI=1S/C13H13F3O4/c14-13(15,16)11-3-8(17-4-9-5-18-9)1-2-12(11)20-7-10-6-19-10/h1-3,9-10H,4-7H2. The fraction of sp³-hybridized carbons (Fsp3) is 0.538. The van der Waals surface area contributed by atoms with Gasteiger partial charge in [0.1, 0.15) is 42.5 Å². The third-order valence-corrected chi connectivity index (χ3v) is 2.92. The minimum absolute atomic E-state index is 0.00715. The smallest absolute Gasteiger partial charge is 0.420 e. The molecule has 20 heavy (non-hydrogen) atoms. The van der Waals surface area contributed by atoms with E-state index in [4.69, 9.17) is 18.9 Å². The van der Waals surface area contributed by atoms with Gasteiger partial charge in [0.15, 0.2) is 0 Å². The summed E-state index contributed by atoms with van der Waals surface area (Å²) in [6.07, 6.45) is -4.60. The maximum Gasteiger partial charge on any atom is 0.420 e. The first-order valence-electron chi connectivity index (χ1n) is 6.22. The molecule has 2 unspecified atom stereocenters. The average molecular weight is 290 g/mol. The largest absolute Gasteiger partial charge is 0.491 e. The molecule has 0 amide bonds. The van der Waals surface area contributed by atoms with Crippen molar-refractivity contribution >= 4 is 0 Å². The molecule has 1 aromatic rings. The van der Waals surface area contributed by atoms with E-state index in [2.05, 4.69) is 0 Å². The first kappa shape index (κ1) is 13.5. The summed E-state index contributed by atoms with van der Waals surface area (Å²) in [6.45, 7) is 1.51. The van der Waals surface area contributed by atoms with Gasteiger partial charge in [-0.05, 0) is 18.2 Å². The summed E-state index contributed by atoms with van der Waals surface area (Å²) in [5.74, 6) is -0.0501. The zero-order valence-electron chi connectivity index (χ0n) is 10.5. The second-order valence-electron chi connectivity index (χ2n) is 4.69. The predicted molar refractivity (Wildman–Crippen MR) is 61.9 cm³/mol. The second-order valence-corrected chi connectivity index (χ2v) is 4.69. The molecule has 2 heterocycles. The van der Waals surface area contributed by atoms with Crippen LogP contribution in [-0.2, 0) is 15.7 Å². The Labute approximate surface area is 113 Å². The summed E-state index contributed by atoms with van der Waals surface area (Å²) in [6, 6.07) is 3.68. The van der Waals surface area contributed by atoms with Crippen molar-refractivity contribution in [3.63, 3.8) is 0 Å². The van der Waals surface area contributed by atoms with Gasteiger partial charge < -0.3 is 18.9 Å². The summed E-state index contributed by atoms with van der Waals surface area (Å²) in [4.78, 5) is 0. The highest BCUT2D eigenvalue weighted by Gasteiger charge is 2.36. The Hall–Kier alpha value is -1.47. The van der Waals surface area contributed by atoms with Crippen LogP contribution in [0.25, 0.3) is 0 Å². The van der Waals surface area contributed by atoms with E-state index in [1.807, 2.05) is 0 Å². The third-order valence-electron chi connectivity index (χ3n) is 2.92. The Morgan fingerprint density at radius 1 is 1.05 bits per heavy atom. The number of epoxide rings is 2. The lowest BCUT2D eigenvalue weighted by Crippen LogP contribution is -2.12. The fourth-order valence-electron chi connectivity index (χ4n) is 1.65. The minimum atomic E-state index is -4.49. The molecular formula is C13H13F3O4. The molecule has 2 atom stereocenters. The van der Waals surface area contributed by atoms with E-state index >= 15 is 0 Å². The highest BCUT2D eigenvalue weighted by Crippen LogP contribution is 2.38. The Morgan fingerprint density at radius 3 is 2.20 bits per heavy atom. The van der Waals surface area contributed by atoms with Crippen LogP contribution in [0, 0.1) is 0 Å². The Kier molecular flexibility index (Phi) is 3.47. The van der Waals surface area contributed by atoms with E-state index < -0.39 is 11.7 Å². The van der Waals surface area contributed by atoms with Gasteiger partial charge in [0.2, 0.25) is 0 Å². The van der Waals surface area contributed by atoms with Crippen LogP contribution in [0.15, 0.2) is 18.2 Å². The molecule has 0 aliphatic carbocycles. The van der Waals surface area contributed by atoms with Gasteiger partial charge in [-0.25, -0.2) is 0 Å². The van der Waals surface area contributed by atoms with Gasteiger partial charge in [-0.15, -0.1) is 0 Å². The van der Waals surface area contributed by atoms with Gasteiger partial charge in [-0.2, -0.15) is 13.2 Å². The lowest BCUT2D eigenvalue weighted by molar-refractivity contribution is -0.139. The molecule has 4 nitrogen and oxygen atoms in total. The van der Waals surface area contributed by atoms with E-state index in [1.165, 1.54) is 12.1 Å². The number of hydrogen-bond acceptors (Lipinski definition) is 4. The Bertz CT molecular complexity index is 481. The van der Waals surface area contributed by atoms with Gasteiger partial charge in [0.05, 0.1) is 13.2 Å². The summed E-state index contributed by atoms with van der Waals surface area (Å²) in [7, 11) is 0. The van der Waals surface area contributed by atoms with Crippen molar-refractivity contribution in [2.75, 3.05) is 26.4 Å². The molecule has 3 rings (SSSR count). The van der Waals surface area contributed by atoms with E-state index in [-0.39, 0.29) is 36.9 Å². The van der Waals surface area contributed by atoms with Gasteiger partial charge in [-0.1, -0.05) is 0 Å². The Morgan fingerprint density at radius 2 is 1.65 bits per heavy atom.